The lowest BCUT2D eigenvalue weighted by Gasteiger charge is -2.06. The molecule has 0 aromatic heterocycles. The third-order valence-electron chi connectivity index (χ3n) is 1.71. The highest BCUT2D eigenvalue weighted by atomic mass is 35.5. The van der Waals surface area contributed by atoms with Crippen LogP contribution in [-0.4, -0.2) is 12.5 Å². The predicted octanol–water partition coefficient (Wildman–Crippen LogP) is 3.93. The first kappa shape index (κ1) is 12.0. The van der Waals surface area contributed by atoms with Crippen LogP contribution in [-0.2, 0) is 0 Å². The zero-order valence-corrected chi connectivity index (χ0v) is 8.75. The van der Waals surface area contributed by atoms with Crippen molar-refractivity contribution in [3.05, 3.63) is 35.9 Å². The second kappa shape index (κ2) is 6.40. The van der Waals surface area contributed by atoms with E-state index < -0.39 is 6.61 Å². The number of alkyl halides is 3. The van der Waals surface area contributed by atoms with Gasteiger partial charge in [-0.25, -0.2) is 0 Å². The van der Waals surface area contributed by atoms with Crippen molar-refractivity contribution >= 4 is 17.7 Å². The largest absolute Gasteiger partial charge is 0.434 e. The van der Waals surface area contributed by atoms with Gasteiger partial charge in [0.1, 0.15) is 5.75 Å². The summed E-state index contributed by atoms with van der Waals surface area (Å²) < 4.78 is 28.4. The molecule has 0 spiro atoms. The number of para-hydroxylation sites is 1. The Morgan fingerprint density at radius 1 is 1.33 bits per heavy atom. The van der Waals surface area contributed by atoms with Gasteiger partial charge in [-0.3, -0.25) is 0 Å². The molecule has 0 fully saturated rings. The topological polar surface area (TPSA) is 9.23 Å². The van der Waals surface area contributed by atoms with Gasteiger partial charge in [-0.2, -0.15) is 8.78 Å². The Balaban J connectivity index is 2.76. The van der Waals surface area contributed by atoms with Crippen LogP contribution in [0.2, 0.25) is 0 Å². The lowest BCUT2D eigenvalue weighted by atomic mass is 10.2. The molecule has 1 aromatic rings. The van der Waals surface area contributed by atoms with E-state index in [9.17, 15) is 8.78 Å². The van der Waals surface area contributed by atoms with Crippen LogP contribution in [0, 0.1) is 0 Å². The van der Waals surface area contributed by atoms with E-state index in [4.69, 9.17) is 11.6 Å². The van der Waals surface area contributed by atoms with Crippen LogP contribution in [0.3, 0.4) is 0 Å². The Morgan fingerprint density at radius 2 is 2.07 bits per heavy atom. The molecule has 0 aliphatic heterocycles. The number of hydrogen-bond acceptors (Lipinski definition) is 1. The number of benzene rings is 1. The maximum Gasteiger partial charge on any atom is 0.387 e. The van der Waals surface area contributed by atoms with Crippen LogP contribution in [0.25, 0.3) is 6.08 Å². The number of ether oxygens (including phenoxy) is 1. The molecule has 0 amide bonds. The Morgan fingerprint density at radius 3 is 2.73 bits per heavy atom. The van der Waals surface area contributed by atoms with Gasteiger partial charge in [0, 0.05) is 11.4 Å². The third kappa shape index (κ3) is 4.30. The van der Waals surface area contributed by atoms with Gasteiger partial charge in [-0.1, -0.05) is 30.4 Å². The highest BCUT2D eigenvalue weighted by molar-refractivity contribution is 6.17. The van der Waals surface area contributed by atoms with Gasteiger partial charge >= 0.3 is 6.61 Å². The van der Waals surface area contributed by atoms with Crippen molar-refractivity contribution in [3.63, 3.8) is 0 Å². The second-order valence-electron chi connectivity index (χ2n) is 2.80. The smallest absolute Gasteiger partial charge is 0.387 e. The molecule has 0 unspecified atom stereocenters. The molecule has 1 rings (SSSR count). The quantitative estimate of drug-likeness (QED) is 0.699. The van der Waals surface area contributed by atoms with Crippen molar-refractivity contribution < 1.29 is 13.5 Å². The fourth-order valence-electron chi connectivity index (χ4n) is 1.09. The molecular formula is C11H11ClF2O. The third-order valence-corrected chi connectivity index (χ3v) is 1.93. The van der Waals surface area contributed by atoms with Crippen LogP contribution in [0.15, 0.2) is 30.3 Å². The van der Waals surface area contributed by atoms with E-state index in [1.165, 1.54) is 6.07 Å². The van der Waals surface area contributed by atoms with Crippen molar-refractivity contribution in [2.45, 2.75) is 13.0 Å². The van der Waals surface area contributed by atoms with E-state index in [0.29, 0.717) is 17.9 Å². The van der Waals surface area contributed by atoms with Crippen molar-refractivity contribution in [2.75, 3.05) is 5.88 Å². The average molecular weight is 233 g/mol. The summed E-state index contributed by atoms with van der Waals surface area (Å²) in [6.07, 6.45) is 4.24. The predicted molar refractivity (Wildman–Crippen MR) is 57.4 cm³/mol. The maximum absolute atomic E-state index is 12.0. The van der Waals surface area contributed by atoms with E-state index in [1.54, 1.807) is 24.3 Å². The summed E-state index contributed by atoms with van der Waals surface area (Å²) >= 11 is 5.49. The zero-order valence-electron chi connectivity index (χ0n) is 8.00. The summed E-state index contributed by atoms with van der Waals surface area (Å²) in [5.74, 6) is 0.687. The fraction of sp³-hybridized carbons (Fsp3) is 0.273. The molecular weight excluding hydrogens is 222 g/mol. The lowest BCUT2D eigenvalue weighted by Crippen LogP contribution is -2.02. The average Bonchev–Trinajstić information content (AvgIpc) is 2.20. The highest BCUT2D eigenvalue weighted by Gasteiger charge is 2.06. The number of rotatable bonds is 5. The molecule has 0 aliphatic rings. The van der Waals surface area contributed by atoms with Gasteiger partial charge in [0.2, 0.25) is 0 Å². The minimum atomic E-state index is -2.80. The molecule has 0 N–H and O–H groups in total. The van der Waals surface area contributed by atoms with Gasteiger partial charge in [0.25, 0.3) is 0 Å². The molecule has 4 heteroatoms. The molecule has 0 heterocycles. The van der Waals surface area contributed by atoms with E-state index in [-0.39, 0.29) is 5.75 Å². The minimum Gasteiger partial charge on any atom is -0.434 e. The molecule has 0 radical (unpaired) electrons. The Bertz CT molecular complexity index is 326. The number of halogens is 3. The molecule has 82 valence electrons. The Hall–Kier alpha value is -1.09. The van der Waals surface area contributed by atoms with Gasteiger partial charge in [0.05, 0.1) is 0 Å². The Kier molecular flexibility index (Phi) is 5.12. The SMILES string of the molecule is FC(F)Oc1ccccc1C=CCCCl. The normalized spacial score (nSPS) is 11.2. The first-order valence-electron chi connectivity index (χ1n) is 4.50. The summed E-state index contributed by atoms with van der Waals surface area (Å²) in [5, 5.41) is 0. The lowest BCUT2D eigenvalue weighted by molar-refractivity contribution is -0.0499. The summed E-state index contributed by atoms with van der Waals surface area (Å²) in [6.45, 7) is -2.80. The van der Waals surface area contributed by atoms with Crippen molar-refractivity contribution in [1.82, 2.24) is 0 Å². The van der Waals surface area contributed by atoms with Gasteiger partial charge in [-0.05, 0) is 12.5 Å². The summed E-state index contributed by atoms with van der Waals surface area (Å²) in [7, 11) is 0. The molecule has 0 saturated carbocycles. The Labute approximate surface area is 92.3 Å². The second-order valence-corrected chi connectivity index (χ2v) is 3.17. The van der Waals surface area contributed by atoms with Crippen LogP contribution in [0.5, 0.6) is 5.75 Å². The molecule has 0 bridgehead atoms. The van der Waals surface area contributed by atoms with E-state index in [0.717, 1.165) is 0 Å². The zero-order chi connectivity index (χ0) is 11.1. The molecule has 1 nitrogen and oxygen atoms in total. The maximum atomic E-state index is 12.0. The van der Waals surface area contributed by atoms with E-state index in [1.807, 2.05) is 6.08 Å². The molecule has 1 aromatic carbocycles. The monoisotopic (exact) mass is 232 g/mol. The standard InChI is InChI=1S/C11H11ClF2O/c12-8-4-3-6-9-5-1-2-7-10(9)15-11(13)14/h1-3,5-7,11H,4,8H2. The van der Waals surface area contributed by atoms with E-state index >= 15 is 0 Å². The van der Waals surface area contributed by atoms with Gasteiger partial charge in [0.15, 0.2) is 0 Å². The van der Waals surface area contributed by atoms with Crippen molar-refractivity contribution in [2.24, 2.45) is 0 Å². The molecule has 15 heavy (non-hydrogen) atoms. The first-order chi connectivity index (χ1) is 7.24. The van der Waals surface area contributed by atoms with Crippen molar-refractivity contribution in [3.8, 4) is 5.75 Å². The fourth-order valence-corrected chi connectivity index (χ4v) is 1.22. The minimum absolute atomic E-state index is 0.179. The highest BCUT2D eigenvalue weighted by Crippen LogP contribution is 2.21. The molecule has 0 saturated heterocycles. The molecule has 0 aliphatic carbocycles. The molecule has 0 atom stereocenters. The number of allylic oxidation sites excluding steroid dienone is 1. The van der Waals surface area contributed by atoms with Crippen LogP contribution in [0.4, 0.5) is 8.78 Å². The van der Waals surface area contributed by atoms with Crippen LogP contribution >= 0.6 is 11.6 Å². The summed E-state index contributed by atoms with van der Waals surface area (Å²) in [5.41, 5.74) is 0.628. The first-order valence-corrected chi connectivity index (χ1v) is 5.04. The van der Waals surface area contributed by atoms with E-state index in [2.05, 4.69) is 4.74 Å². The number of hydrogen-bond donors (Lipinski definition) is 0. The summed E-state index contributed by atoms with van der Waals surface area (Å²) in [6, 6.07) is 6.63. The summed E-state index contributed by atoms with van der Waals surface area (Å²) in [4.78, 5) is 0. The van der Waals surface area contributed by atoms with Crippen LogP contribution in [0.1, 0.15) is 12.0 Å². The van der Waals surface area contributed by atoms with Crippen molar-refractivity contribution in [1.29, 1.82) is 0 Å². The van der Waals surface area contributed by atoms with Gasteiger partial charge < -0.3 is 4.74 Å². The van der Waals surface area contributed by atoms with Gasteiger partial charge in [-0.15, -0.1) is 11.6 Å². The van der Waals surface area contributed by atoms with Crippen LogP contribution < -0.4 is 4.74 Å².